The molecule has 0 radical (unpaired) electrons. The molecular weight excluding hydrogens is 344 g/mol. The Kier molecular flexibility index (Phi) is 6.13. The first-order chi connectivity index (χ1) is 13.0. The summed E-state index contributed by atoms with van der Waals surface area (Å²) >= 11 is 0. The number of carbonyl (C=O) groups is 1. The molecule has 1 aromatic carbocycles. The zero-order chi connectivity index (χ0) is 19.4. The first kappa shape index (κ1) is 19.4. The van der Waals surface area contributed by atoms with Crippen LogP contribution in [0.3, 0.4) is 0 Å². The smallest absolute Gasteiger partial charge is 0.227 e. The van der Waals surface area contributed by atoms with Gasteiger partial charge in [-0.15, -0.1) is 0 Å². The van der Waals surface area contributed by atoms with Crippen molar-refractivity contribution in [2.24, 2.45) is 7.05 Å². The lowest BCUT2D eigenvalue weighted by molar-refractivity contribution is -0.147. The maximum absolute atomic E-state index is 13.2. The third-order valence-electron chi connectivity index (χ3n) is 4.77. The average Bonchev–Trinajstić information content (AvgIpc) is 3.07. The van der Waals surface area contributed by atoms with Gasteiger partial charge >= 0.3 is 0 Å². The molecule has 0 saturated carbocycles. The molecule has 0 unspecified atom stereocenters. The zero-order valence-corrected chi connectivity index (χ0v) is 16.5. The number of aromatic nitrogens is 2. The highest BCUT2D eigenvalue weighted by molar-refractivity contribution is 5.79. The Morgan fingerprint density at radius 2 is 2.22 bits per heavy atom. The number of amides is 1. The van der Waals surface area contributed by atoms with Gasteiger partial charge in [-0.2, -0.15) is 5.10 Å². The standard InChI is InChI=1S/C20H28N4O3/c1-22(2)14-18-20(16-12-21-23(3)13-16)24(8-9-27-18)19(25)11-15-6-5-7-17(10-15)26-4/h5-7,10,12-13,18,20H,8-9,11,14H2,1-4H3/t18-,20-/m0/s1. The van der Waals surface area contributed by atoms with E-state index in [9.17, 15) is 4.79 Å². The normalized spacial score (nSPS) is 20.1. The van der Waals surface area contributed by atoms with Gasteiger partial charge in [-0.3, -0.25) is 9.48 Å². The van der Waals surface area contributed by atoms with Crippen molar-refractivity contribution >= 4 is 5.91 Å². The molecular formula is C20H28N4O3. The van der Waals surface area contributed by atoms with E-state index in [4.69, 9.17) is 9.47 Å². The summed E-state index contributed by atoms with van der Waals surface area (Å²) in [5, 5.41) is 4.30. The lowest BCUT2D eigenvalue weighted by Crippen LogP contribution is -2.51. The first-order valence-electron chi connectivity index (χ1n) is 9.15. The van der Waals surface area contributed by atoms with E-state index in [1.165, 1.54) is 0 Å². The minimum absolute atomic E-state index is 0.0872. The number of ether oxygens (including phenoxy) is 2. The lowest BCUT2D eigenvalue weighted by Gasteiger charge is -2.42. The molecule has 0 bridgehead atoms. The largest absolute Gasteiger partial charge is 0.497 e. The number of morpholine rings is 1. The fraction of sp³-hybridized carbons (Fsp3) is 0.500. The molecule has 0 N–H and O–H groups in total. The van der Waals surface area contributed by atoms with Gasteiger partial charge in [-0.05, 0) is 31.8 Å². The van der Waals surface area contributed by atoms with E-state index in [0.29, 0.717) is 19.6 Å². The van der Waals surface area contributed by atoms with Gasteiger partial charge < -0.3 is 19.3 Å². The topological polar surface area (TPSA) is 59.8 Å². The molecule has 2 atom stereocenters. The number of carbonyl (C=O) groups excluding carboxylic acids is 1. The highest BCUT2D eigenvalue weighted by atomic mass is 16.5. The molecule has 1 fully saturated rings. The van der Waals surface area contributed by atoms with Crippen LogP contribution < -0.4 is 4.74 Å². The second-order valence-corrected chi connectivity index (χ2v) is 7.18. The Labute approximate surface area is 160 Å². The minimum atomic E-state index is -0.145. The van der Waals surface area contributed by atoms with Crippen molar-refractivity contribution in [3.63, 3.8) is 0 Å². The van der Waals surface area contributed by atoms with E-state index in [2.05, 4.69) is 10.00 Å². The lowest BCUT2D eigenvalue weighted by atomic mass is 9.99. The highest BCUT2D eigenvalue weighted by Crippen LogP contribution is 2.30. The van der Waals surface area contributed by atoms with Crippen molar-refractivity contribution in [1.82, 2.24) is 19.6 Å². The van der Waals surface area contributed by atoms with Crippen LogP contribution in [0.1, 0.15) is 17.2 Å². The number of hydrogen-bond acceptors (Lipinski definition) is 5. The molecule has 2 heterocycles. The Balaban J connectivity index is 1.84. The van der Waals surface area contributed by atoms with Crippen molar-refractivity contribution in [2.75, 3.05) is 40.9 Å². The number of hydrogen-bond donors (Lipinski definition) is 0. The highest BCUT2D eigenvalue weighted by Gasteiger charge is 2.37. The van der Waals surface area contributed by atoms with Gasteiger partial charge in [0.1, 0.15) is 5.75 Å². The molecule has 7 nitrogen and oxygen atoms in total. The second kappa shape index (κ2) is 8.54. The molecule has 1 aromatic heterocycles. The molecule has 2 aromatic rings. The summed E-state index contributed by atoms with van der Waals surface area (Å²) in [5.74, 6) is 0.848. The van der Waals surface area contributed by atoms with Crippen LogP contribution in [0.2, 0.25) is 0 Å². The van der Waals surface area contributed by atoms with Crippen LogP contribution in [0.15, 0.2) is 36.7 Å². The van der Waals surface area contributed by atoms with E-state index < -0.39 is 0 Å². The summed E-state index contributed by atoms with van der Waals surface area (Å²) in [6.07, 6.45) is 4.04. The molecule has 7 heteroatoms. The summed E-state index contributed by atoms with van der Waals surface area (Å²) < 4.78 is 13.1. The van der Waals surface area contributed by atoms with E-state index in [-0.39, 0.29) is 18.1 Å². The summed E-state index contributed by atoms with van der Waals surface area (Å²) in [7, 11) is 7.55. The van der Waals surface area contributed by atoms with E-state index in [1.807, 2.05) is 62.7 Å². The molecule has 1 amide bonds. The molecule has 1 aliphatic heterocycles. The van der Waals surface area contributed by atoms with Crippen LogP contribution in [0.4, 0.5) is 0 Å². The van der Waals surface area contributed by atoms with E-state index in [0.717, 1.165) is 23.4 Å². The van der Waals surface area contributed by atoms with Gasteiger partial charge in [0.05, 0.1) is 38.5 Å². The molecule has 146 valence electrons. The number of aryl methyl sites for hydroxylation is 1. The van der Waals surface area contributed by atoms with Crippen LogP contribution in [-0.4, -0.2) is 72.5 Å². The molecule has 1 saturated heterocycles. The molecule has 1 aliphatic rings. The van der Waals surface area contributed by atoms with Crippen LogP contribution in [0.25, 0.3) is 0 Å². The van der Waals surface area contributed by atoms with Crippen LogP contribution >= 0.6 is 0 Å². The van der Waals surface area contributed by atoms with Crippen LogP contribution in [0, 0.1) is 0 Å². The Morgan fingerprint density at radius 3 is 2.89 bits per heavy atom. The van der Waals surface area contributed by atoms with Gasteiger partial charge in [0, 0.05) is 31.9 Å². The summed E-state index contributed by atoms with van der Waals surface area (Å²) in [4.78, 5) is 17.2. The summed E-state index contributed by atoms with van der Waals surface area (Å²) in [5.41, 5.74) is 1.95. The summed E-state index contributed by atoms with van der Waals surface area (Å²) in [6.45, 7) is 1.86. The SMILES string of the molecule is COc1cccc(CC(=O)N2CCO[C@@H](CN(C)C)[C@@H]2c2cnn(C)c2)c1. The van der Waals surface area contributed by atoms with Crippen molar-refractivity contribution in [3.05, 3.63) is 47.8 Å². The van der Waals surface area contributed by atoms with E-state index in [1.54, 1.807) is 11.8 Å². The minimum Gasteiger partial charge on any atom is -0.497 e. The molecule has 3 rings (SSSR count). The maximum Gasteiger partial charge on any atom is 0.227 e. The van der Waals surface area contributed by atoms with Crippen LogP contribution in [0.5, 0.6) is 5.75 Å². The Bertz CT molecular complexity index is 774. The number of methoxy groups -OCH3 is 1. The monoisotopic (exact) mass is 372 g/mol. The quantitative estimate of drug-likeness (QED) is 0.769. The van der Waals surface area contributed by atoms with Gasteiger partial charge in [0.2, 0.25) is 5.91 Å². The predicted octanol–water partition coefficient (Wildman–Crippen LogP) is 1.50. The predicted molar refractivity (Wildman–Crippen MR) is 103 cm³/mol. The fourth-order valence-corrected chi connectivity index (χ4v) is 3.57. The summed E-state index contributed by atoms with van der Waals surface area (Å²) in [6, 6.07) is 7.52. The fourth-order valence-electron chi connectivity index (χ4n) is 3.57. The van der Waals surface area contributed by atoms with Gasteiger partial charge in [0.25, 0.3) is 0 Å². The van der Waals surface area contributed by atoms with Gasteiger partial charge in [-0.1, -0.05) is 12.1 Å². The average molecular weight is 372 g/mol. The molecule has 0 aliphatic carbocycles. The number of benzene rings is 1. The number of likely N-dealkylation sites (N-methyl/N-ethyl adjacent to an activating group) is 1. The van der Waals surface area contributed by atoms with E-state index >= 15 is 0 Å². The van der Waals surface area contributed by atoms with Crippen molar-refractivity contribution in [2.45, 2.75) is 18.6 Å². The number of rotatable bonds is 6. The van der Waals surface area contributed by atoms with Crippen molar-refractivity contribution in [3.8, 4) is 5.75 Å². The Hall–Kier alpha value is -2.38. The maximum atomic E-state index is 13.2. The Morgan fingerprint density at radius 1 is 1.41 bits per heavy atom. The van der Waals surface area contributed by atoms with Crippen molar-refractivity contribution < 1.29 is 14.3 Å². The molecule has 27 heavy (non-hydrogen) atoms. The van der Waals surface area contributed by atoms with Crippen molar-refractivity contribution in [1.29, 1.82) is 0 Å². The third-order valence-corrected chi connectivity index (χ3v) is 4.77. The number of nitrogens with zero attached hydrogens (tertiary/aromatic N) is 4. The molecule has 0 spiro atoms. The third kappa shape index (κ3) is 4.67. The van der Waals surface area contributed by atoms with Gasteiger partial charge in [0.15, 0.2) is 0 Å². The second-order valence-electron chi connectivity index (χ2n) is 7.18. The van der Waals surface area contributed by atoms with Gasteiger partial charge in [-0.25, -0.2) is 0 Å². The van der Waals surface area contributed by atoms with Crippen LogP contribution in [-0.2, 0) is 23.0 Å². The zero-order valence-electron chi connectivity index (χ0n) is 16.5. The first-order valence-corrected chi connectivity index (χ1v) is 9.15.